The van der Waals surface area contributed by atoms with Crippen molar-refractivity contribution in [3.63, 3.8) is 0 Å². The Morgan fingerprint density at radius 3 is 2.13 bits per heavy atom. The molecule has 2 aromatic rings. The SMILES string of the molecule is CC1CCN(C2=C(c3ccc(F)cc3)C(=O)N(c3ccc(OC(C)C)cc3)C2=O)CC1. The molecule has 0 N–H and O–H groups in total. The summed E-state index contributed by atoms with van der Waals surface area (Å²) in [5.74, 6) is 0.156. The van der Waals surface area contributed by atoms with Crippen molar-refractivity contribution >= 4 is 23.1 Å². The van der Waals surface area contributed by atoms with Crippen LogP contribution in [-0.4, -0.2) is 35.9 Å². The van der Waals surface area contributed by atoms with Gasteiger partial charge in [0, 0.05) is 13.1 Å². The van der Waals surface area contributed by atoms with E-state index in [-0.39, 0.29) is 23.7 Å². The summed E-state index contributed by atoms with van der Waals surface area (Å²) in [5.41, 5.74) is 1.79. The summed E-state index contributed by atoms with van der Waals surface area (Å²) in [7, 11) is 0. The third-order valence-corrected chi connectivity index (χ3v) is 5.76. The first-order valence-corrected chi connectivity index (χ1v) is 10.8. The number of piperidine rings is 1. The lowest BCUT2D eigenvalue weighted by Crippen LogP contribution is -2.38. The van der Waals surface area contributed by atoms with Crippen molar-refractivity contribution in [1.29, 1.82) is 0 Å². The molecule has 0 spiro atoms. The summed E-state index contributed by atoms with van der Waals surface area (Å²) >= 11 is 0. The van der Waals surface area contributed by atoms with Crippen molar-refractivity contribution in [3.8, 4) is 5.75 Å². The lowest BCUT2D eigenvalue weighted by atomic mass is 9.97. The maximum Gasteiger partial charge on any atom is 0.282 e. The van der Waals surface area contributed by atoms with Crippen LogP contribution in [0, 0.1) is 11.7 Å². The molecule has 5 nitrogen and oxygen atoms in total. The maximum atomic E-state index is 13.5. The molecule has 2 aliphatic heterocycles. The molecule has 2 aromatic carbocycles. The van der Waals surface area contributed by atoms with E-state index in [0.717, 1.165) is 25.9 Å². The molecular formula is C25H27FN2O3. The molecule has 2 amide bonds. The highest BCUT2D eigenvalue weighted by atomic mass is 19.1. The number of carbonyl (C=O) groups is 2. The van der Waals surface area contributed by atoms with Gasteiger partial charge in [-0.3, -0.25) is 9.59 Å². The normalized spacial score (nSPS) is 17.8. The number of rotatable bonds is 5. The molecule has 0 unspecified atom stereocenters. The molecule has 2 heterocycles. The van der Waals surface area contributed by atoms with Gasteiger partial charge in [-0.25, -0.2) is 9.29 Å². The number of hydrogen-bond donors (Lipinski definition) is 0. The van der Waals surface area contributed by atoms with Gasteiger partial charge in [-0.05, 0) is 74.6 Å². The second-order valence-electron chi connectivity index (χ2n) is 8.51. The Labute approximate surface area is 182 Å². The van der Waals surface area contributed by atoms with Crippen LogP contribution < -0.4 is 9.64 Å². The van der Waals surface area contributed by atoms with E-state index in [4.69, 9.17) is 4.74 Å². The Morgan fingerprint density at radius 1 is 0.935 bits per heavy atom. The standard InChI is InChI=1S/C25H27FN2O3/c1-16(2)31-21-10-8-20(9-11-21)28-24(29)22(18-4-6-19(26)7-5-18)23(25(28)30)27-14-12-17(3)13-15-27/h4-11,16-17H,12-15H2,1-3H3. The molecule has 0 aliphatic carbocycles. The second kappa shape index (κ2) is 8.53. The van der Waals surface area contributed by atoms with Crippen LogP contribution in [0.2, 0.25) is 0 Å². The fourth-order valence-electron chi connectivity index (χ4n) is 4.10. The van der Waals surface area contributed by atoms with E-state index < -0.39 is 0 Å². The highest BCUT2D eigenvalue weighted by molar-refractivity contribution is 6.45. The molecule has 0 radical (unpaired) electrons. The zero-order valence-electron chi connectivity index (χ0n) is 18.1. The van der Waals surface area contributed by atoms with Gasteiger partial charge in [0.25, 0.3) is 11.8 Å². The molecule has 0 saturated carbocycles. The predicted molar refractivity (Wildman–Crippen MR) is 118 cm³/mol. The van der Waals surface area contributed by atoms with Crippen LogP contribution in [0.3, 0.4) is 0 Å². The Bertz CT molecular complexity index is 1000. The summed E-state index contributed by atoms with van der Waals surface area (Å²) in [6.07, 6.45) is 1.95. The number of hydrogen-bond acceptors (Lipinski definition) is 4. The summed E-state index contributed by atoms with van der Waals surface area (Å²) in [5, 5.41) is 0. The van der Waals surface area contributed by atoms with Crippen LogP contribution in [0.5, 0.6) is 5.75 Å². The molecular weight excluding hydrogens is 395 g/mol. The summed E-state index contributed by atoms with van der Waals surface area (Å²) in [6, 6.07) is 12.7. The van der Waals surface area contributed by atoms with E-state index in [0.29, 0.717) is 34.2 Å². The molecule has 6 heteroatoms. The quantitative estimate of drug-likeness (QED) is 0.660. The van der Waals surface area contributed by atoms with Gasteiger partial charge in [-0.1, -0.05) is 19.1 Å². The van der Waals surface area contributed by atoms with Crippen LogP contribution in [-0.2, 0) is 9.59 Å². The van der Waals surface area contributed by atoms with E-state index >= 15 is 0 Å². The van der Waals surface area contributed by atoms with Gasteiger partial charge in [-0.15, -0.1) is 0 Å². The summed E-state index contributed by atoms with van der Waals surface area (Å²) < 4.78 is 19.2. The van der Waals surface area contributed by atoms with Crippen molar-refractivity contribution in [2.75, 3.05) is 18.0 Å². The minimum atomic E-state index is -0.386. The van der Waals surface area contributed by atoms with Crippen LogP contribution in [0.25, 0.3) is 5.57 Å². The van der Waals surface area contributed by atoms with Crippen molar-refractivity contribution < 1.29 is 18.7 Å². The topological polar surface area (TPSA) is 49.9 Å². The molecule has 4 rings (SSSR count). The number of nitrogens with zero attached hydrogens (tertiary/aromatic N) is 2. The number of likely N-dealkylation sites (tertiary alicyclic amines) is 1. The van der Waals surface area contributed by atoms with Gasteiger partial charge < -0.3 is 9.64 Å². The second-order valence-corrected chi connectivity index (χ2v) is 8.51. The number of amides is 2. The van der Waals surface area contributed by atoms with E-state index in [1.807, 2.05) is 18.7 Å². The largest absolute Gasteiger partial charge is 0.491 e. The highest BCUT2D eigenvalue weighted by Crippen LogP contribution is 2.36. The van der Waals surface area contributed by atoms with Gasteiger partial charge in [0.1, 0.15) is 17.3 Å². The maximum absolute atomic E-state index is 13.5. The predicted octanol–water partition coefficient (Wildman–Crippen LogP) is 4.63. The monoisotopic (exact) mass is 422 g/mol. The average Bonchev–Trinajstić information content (AvgIpc) is 3.00. The number of ether oxygens (including phenoxy) is 1. The Kier molecular flexibility index (Phi) is 5.81. The lowest BCUT2D eigenvalue weighted by Gasteiger charge is -2.32. The molecule has 31 heavy (non-hydrogen) atoms. The van der Waals surface area contributed by atoms with Crippen LogP contribution in [0.15, 0.2) is 54.2 Å². The van der Waals surface area contributed by atoms with Crippen molar-refractivity contribution in [2.24, 2.45) is 5.92 Å². The zero-order chi connectivity index (χ0) is 22.1. The number of carbonyl (C=O) groups excluding carboxylic acids is 2. The van der Waals surface area contributed by atoms with Crippen molar-refractivity contribution in [1.82, 2.24) is 4.90 Å². The fraction of sp³-hybridized carbons (Fsp3) is 0.360. The number of benzene rings is 2. The van der Waals surface area contributed by atoms with Gasteiger partial charge in [0.2, 0.25) is 0 Å². The van der Waals surface area contributed by atoms with Gasteiger partial charge in [0.05, 0.1) is 17.4 Å². The number of imide groups is 1. The van der Waals surface area contributed by atoms with E-state index in [1.165, 1.54) is 17.0 Å². The first kappa shape index (κ1) is 21.1. The minimum Gasteiger partial charge on any atom is -0.491 e. The zero-order valence-corrected chi connectivity index (χ0v) is 18.1. The van der Waals surface area contributed by atoms with Crippen LogP contribution in [0.4, 0.5) is 10.1 Å². The van der Waals surface area contributed by atoms with Gasteiger partial charge in [-0.2, -0.15) is 0 Å². The van der Waals surface area contributed by atoms with Crippen LogP contribution >= 0.6 is 0 Å². The molecule has 0 aromatic heterocycles. The lowest BCUT2D eigenvalue weighted by molar-refractivity contribution is -0.120. The first-order valence-electron chi connectivity index (χ1n) is 10.8. The smallest absolute Gasteiger partial charge is 0.282 e. The molecule has 1 fully saturated rings. The van der Waals surface area contributed by atoms with Crippen molar-refractivity contribution in [2.45, 2.75) is 39.7 Å². The van der Waals surface area contributed by atoms with Crippen LogP contribution in [0.1, 0.15) is 39.2 Å². The summed E-state index contributed by atoms with van der Waals surface area (Å²) in [4.78, 5) is 30.2. The first-order chi connectivity index (χ1) is 14.8. The third-order valence-electron chi connectivity index (χ3n) is 5.76. The Balaban J connectivity index is 1.72. The molecule has 0 atom stereocenters. The molecule has 162 valence electrons. The minimum absolute atomic E-state index is 0.0285. The number of anilines is 1. The van der Waals surface area contributed by atoms with E-state index in [1.54, 1.807) is 36.4 Å². The third kappa shape index (κ3) is 4.20. The van der Waals surface area contributed by atoms with E-state index in [2.05, 4.69) is 6.92 Å². The molecule has 2 aliphatic rings. The fourth-order valence-corrected chi connectivity index (χ4v) is 4.10. The molecule has 1 saturated heterocycles. The van der Waals surface area contributed by atoms with Gasteiger partial charge >= 0.3 is 0 Å². The van der Waals surface area contributed by atoms with E-state index in [9.17, 15) is 14.0 Å². The Morgan fingerprint density at radius 2 is 1.55 bits per heavy atom. The van der Waals surface area contributed by atoms with Crippen molar-refractivity contribution in [3.05, 3.63) is 65.6 Å². The Hall–Kier alpha value is -3.15. The van der Waals surface area contributed by atoms with Gasteiger partial charge in [0.15, 0.2) is 0 Å². The average molecular weight is 423 g/mol. The molecule has 0 bridgehead atoms. The number of halogens is 1. The highest BCUT2D eigenvalue weighted by Gasteiger charge is 2.43. The summed E-state index contributed by atoms with van der Waals surface area (Å²) in [6.45, 7) is 7.50.